The molecule has 4 nitrogen and oxygen atoms in total. The lowest BCUT2D eigenvalue weighted by molar-refractivity contribution is -0.117. The first-order valence-corrected chi connectivity index (χ1v) is 8.60. The van der Waals surface area contributed by atoms with Crippen molar-refractivity contribution in [3.05, 3.63) is 58.7 Å². The van der Waals surface area contributed by atoms with E-state index >= 15 is 0 Å². The largest absolute Gasteiger partial charge is 0.272 e. The minimum absolute atomic E-state index is 0.110. The summed E-state index contributed by atoms with van der Waals surface area (Å²) in [7, 11) is -2.79. The molecule has 104 valence electrons. The van der Waals surface area contributed by atoms with Gasteiger partial charge in [-0.3, -0.25) is 4.79 Å². The predicted molar refractivity (Wildman–Crippen MR) is 81.9 cm³/mol. The molecule has 0 fully saturated rings. The normalized spacial score (nSPS) is 13.5. The summed E-state index contributed by atoms with van der Waals surface area (Å²) in [4.78, 5) is 16.0. The van der Waals surface area contributed by atoms with E-state index in [1.807, 2.05) is 24.3 Å². The number of halogens is 1. The zero-order valence-corrected chi connectivity index (χ0v) is 13.2. The van der Waals surface area contributed by atoms with Crippen LogP contribution in [0.4, 0.5) is 0 Å². The maximum absolute atomic E-state index is 12.4. The second kappa shape index (κ2) is 6.28. The number of aromatic nitrogens is 1. The number of pyridine rings is 1. The third-order valence-corrected chi connectivity index (χ3v) is 4.94. The third kappa shape index (κ3) is 3.74. The van der Waals surface area contributed by atoms with E-state index in [4.69, 9.17) is 0 Å². The van der Waals surface area contributed by atoms with Crippen LogP contribution in [0.1, 0.15) is 5.56 Å². The van der Waals surface area contributed by atoms with E-state index < -0.39 is 15.6 Å². The standard InChI is InChI=1S/C14H13BrN2O2S/c1-20(19,14-8-4-5-9-16-14)17-13(18)10-11-6-2-3-7-12(11)15/h2-9H,10H2,1H3. The number of hydrogen-bond acceptors (Lipinski definition) is 3. The number of carbonyl (C=O) groups is 1. The highest BCUT2D eigenvalue weighted by Crippen LogP contribution is 2.17. The van der Waals surface area contributed by atoms with Crippen molar-refractivity contribution in [2.24, 2.45) is 4.36 Å². The van der Waals surface area contributed by atoms with Crippen molar-refractivity contribution in [2.75, 3.05) is 6.26 Å². The van der Waals surface area contributed by atoms with Crippen LogP contribution in [-0.2, 0) is 20.9 Å². The number of nitrogens with zero attached hydrogens (tertiary/aromatic N) is 2. The summed E-state index contributed by atoms with van der Waals surface area (Å²) >= 11 is 3.37. The lowest BCUT2D eigenvalue weighted by Gasteiger charge is -2.04. The molecule has 20 heavy (non-hydrogen) atoms. The van der Waals surface area contributed by atoms with Gasteiger partial charge in [0.15, 0.2) is 0 Å². The Morgan fingerprint density at radius 2 is 1.95 bits per heavy atom. The first-order valence-electron chi connectivity index (χ1n) is 5.88. The fourth-order valence-electron chi connectivity index (χ4n) is 1.65. The van der Waals surface area contributed by atoms with E-state index in [0.717, 1.165) is 10.0 Å². The molecule has 0 spiro atoms. The zero-order valence-electron chi connectivity index (χ0n) is 10.8. The van der Waals surface area contributed by atoms with Gasteiger partial charge in [-0.1, -0.05) is 40.2 Å². The van der Waals surface area contributed by atoms with Gasteiger partial charge in [0, 0.05) is 16.9 Å². The highest BCUT2D eigenvalue weighted by molar-refractivity contribution is 9.10. The molecule has 0 saturated heterocycles. The summed E-state index contributed by atoms with van der Waals surface area (Å²) in [6.07, 6.45) is 3.07. The Balaban J connectivity index is 2.25. The van der Waals surface area contributed by atoms with Gasteiger partial charge in [-0.2, -0.15) is 4.36 Å². The molecular formula is C14H13BrN2O2S. The molecule has 1 aromatic heterocycles. The van der Waals surface area contributed by atoms with E-state index in [1.54, 1.807) is 18.2 Å². The molecule has 0 aliphatic rings. The van der Waals surface area contributed by atoms with Crippen molar-refractivity contribution in [1.29, 1.82) is 0 Å². The summed E-state index contributed by atoms with van der Waals surface area (Å²) in [5.41, 5.74) is 0.817. The molecule has 0 aliphatic heterocycles. The zero-order chi connectivity index (χ0) is 14.6. The van der Waals surface area contributed by atoms with E-state index in [-0.39, 0.29) is 6.42 Å². The SMILES string of the molecule is CS(=O)(=NC(=O)Cc1ccccc1Br)c1ccccn1. The number of amides is 1. The number of benzene rings is 1. The van der Waals surface area contributed by atoms with Gasteiger partial charge in [-0.25, -0.2) is 9.19 Å². The first-order chi connectivity index (χ1) is 9.49. The highest BCUT2D eigenvalue weighted by Gasteiger charge is 2.11. The highest BCUT2D eigenvalue weighted by atomic mass is 79.9. The third-order valence-electron chi connectivity index (χ3n) is 2.60. The van der Waals surface area contributed by atoms with Crippen LogP contribution >= 0.6 is 15.9 Å². The monoisotopic (exact) mass is 352 g/mol. The fourth-order valence-corrected chi connectivity index (χ4v) is 3.21. The molecule has 6 heteroatoms. The Morgan fingerprint density at radius 1 is 1.25 bits per heavy atom. The molecule has 0 radical (unpaired) electrons. The summed E-state index contributed by atoms with van der Waals surface area (Å²) in [5.74, 6) is -0.421. The average Bonchev–Trinajstić information content (AvgIpc) is 2.42. The summed E-state index contributed by atoms with van der Waals surface area (Å²) in [6.45, 7) is 0. The van der Waals surface area contributed by atoms with E-state index in [2.05, 4.69) is 25.3 Å². The molecule has 1 atom stereocenters. The van der Waals surface area contributed by atoms with Crippen LogP contribution in [0.3, 0.4) is 0 Å². The molecule has 2 rings (SSSR count). The molecule has 0 saturated carbocycles. The van der Waals surface area contributed by atoms with Crippen molar-refractivity contribution >= 4 is 31.6 Å². The number of carbonyl (C=O) groups excluding carboxylic acids is 1. The van der Waals surface area contributed by atoms with Gasteiger partial charge >= 0.3 is 0 Å². The van der Waals surface area contributed by atoms with Crippen LogP contribution in [0, 0.1) is 0 Å². The molecule has 0 aliphatic carbocycles. The maximum Gasteiger partial charge on any atom is 0.258 e. The van der Waals surface area contributed by atoms with Crippen LogP contribution in [0.25, 0.3) is 0 Å². The minimum atomic E-state index is -2.79. The van der Waals surface area contributed by atoms with Crippen LogP contribution in [0.5, 0.6) is 0 Å². The summed E-state index contributed by atoms with van der Waals surface area (Å²) < 4.78 is 17.1. The van der Waals surface area contributed by atoms with Gasteiger partial charge in [0.1, 0.15) is 5.03 Å². The van der Waals surface area contributed by atoms with Gasteiger partial charge in [0.25, 0.3) is 5.91 Å². The van der Waals surface area contributed by atoms with Crippen LogP contribution < -0.4 is 0 Å². The minimum Gasteiger partial charge on any atom is -0.272 e. The smallest absolute Gasteiger partial charge is 0.258 e. The molecule has 1 amide bonds. The van der Waals surface area contributed by atoms with Gasteiger partial charge in [0.2, 0.25) is 0 Å². The van der Waals surface area contributed by atoms with Crippen molar-refractivity contribution in [3.63, 3.8) is 0 Å². The van der Waals surface area contributed by atoms with Crippen LogP contribution in [0.15, 0.2) is 62.5 Å². The van der Waals surface area contributed by atoms with E-state index in [0.29, 0.717) is 5.03 Å². The lowest BCUT2D eigenvalue weighted by atomic mass is 10.1. The van der Waals surface area contributed by atoms with Gasteiger partial charge in [-0.05, 0) is 23.8 Å². The molecular weight excluding hydrogens is 340 g/mol. The maximum atomic E-state index is 12.4. The quantitative estimate of drug-likeness (QED) is 0.852. The Hall–Kier alpha value is -1.53. The molecule has 0 N–H and O–H groups in total. The van der Waals surface area contributed by atoms with Crippen molar-refractivity contribution < 1.29 is 9.00 Å². The van der Waals surface area contributed by atoms with Crippen molar-refractivity contribution in [2.45, 2.75) is 11.4 Å². The lowest BCUT2D eigenvalue weighted by Crippen LogP contribution is -2.07. The van der Waals surface area contributed by atoms with Crippen molar-refractivity contribution in [1.82, 2.24) is 4.98 Å². The predicted octanol–water partition coefficient (Wildman–Crippen LogP) is 3.07. The van der Waals surface area contributed by atoms with Gasteiger partial charge in [-0.15, -0.1) is 0 Å². The summed E-state index contributed by atoms with van der Waals surface area (Å²) in [6, 6.07) is 12.4. The second-order valence-electron chi connectivity index (χ2n) is 4.22. The molecule has 2 aromatic rings. The second-order valence-corrected chi connectivity index (χ2v) is 7.28. The van der Waals surface area contributed by atoms with Crippen molar-refractivity contribution in [3.8, 4) is 0 Å². The van der Waals surface area contributed by atoms with Gasteiger partial charge < -0.3 is 0 Å². The Labute approximate surface area is 126 Å². The number of hydrogen-bond donors (Lipinski definition) is 0. The first kappa shape index (κ1) is 14.9. The van der Waals surface area contributed by atoms with E-state index in [9.17, 15) is 9.00 Å². The topological polar surface area (TPSA) is 59.4 Å². The van der Waals surface area contributed by atoms with Crippen LogP contribution in [-0.4, -0.2) is 21.4 Å². The van der Waals surface area contributed by atoms with Crippen LogP contribution in [0.2, 0.25) is 0 Å². The fraction of sp³-hybridized carbons (Fsp3) is 0.143. The van der Waals surface area contributed by atoms with Gasteiger partial charge in [0.05, 0.1) is 16.1 Å². The molecule has 1 heterocycles. The average molecular weight is 353 g/mol. The summed E-state index contributed by atoms with van der Waals surface area (Å²) in [5, 5.41) is 0.320. The van der Waals surface area contributed by atoms with E-state index in [1.165, 1.54) is 12.5 Å². The molecule has 1 aromatic carbocycles. The Kier molecular flexibility index (Phi) is 4.67. The molecule has 0 bridgehead atoms. The number of rotatable bonds is 3. The Bertz CT molecular complexity index is 738. The molecule has 1 unspecified atom stereocenters. The Morgan fingerprint density at radius 3 is 2.60 bits per heavy atom.